The number of hydrogen-bond acceptors (Lipinski definition) is 5. The summed E-state index contributed by atoms with van der Waals surface area (Å²) in [6.07, 6.45) is 0. The highest BCUT2D eigenvalue weighted by atomic mass is 16.7. The van der Waals surface area contributed by atoms with Crippen LogP contribution in [0.1, 0.15) is 27.0 Å². The van der Waals surface area contributed by atoms with E-state index in [0.29, 0.717) is 17.1 Å². The first-order valence-electron chi connectivity index (χ1n) is 7.92. The first-order chi connectivity index (χ1) is 12.0. The Morgan fingerprint density at radius 3 is 2.72 bits per heavy atom. The molecule has 1 heterocycles. The third-order valence-electron chi connectivity index (χ3n) is 3.92. The first-order valence-corrected chi connectivity index (χ1v) is 7.92. The fourth-order valence-electron chi connectivity index (χ4n) is 2.46. The molecule has 0 radical (unpaired) electrons. The molecule has 3 rings (SSSR count). The second kappa shape index (κ2) is 7.25. The highest BCUT2D eigenvalue weighted by molar-refractivity contribution is 5.96. The summed E-state index contributed by atoms with van der Waals surface area (Å²) in [5.74, 6) is 0.256. The number of benzene rings is 2. The molecule has 0 fully saturated rings. The molecule has 6 heteroatoms. The van der Waals surface area contributed by atoms with Crippen molar-refractivity contribution in [2.45, 2.75) is 20.5 Å². The van der Waals surface area contributed by atoms with Crippen LogP contribution >= 0.6 is 0 Å². The average molecular weight is 341 g/mol. The van der Waals surface area contributed by atoms with Crippen LogP contribution in [0.4, 0.5) is 0 Å². The van der Waals surface area contributed by atoms with Gasteiger partial charge in [-0.25, -0.2) is 0 Å². The van der Waals surface area contributed by atoms with E-state index in [-0.39, 0.29) is 25.9 Å². The van der Waals surface area contributed by atoms with E-state index >= 15 is 0 Å². The van der Waals surface area contributed by atoms with E-state index in [2.05, 4.69) is 5.32 Å². The fraction of sp³-hybridized carbons (Fsp3) is 0.263. The Hall–Kier alpha value is -3.02. The van der Waals surface area contributed by atoms with Crippen molar-refractivity contribution in [2.24, 2.45) is 0 Å². The SMILES string of the molecule is Cc1ccc(C)c(COC(=O)CNC(=O)c2ccc3c(c2)OCO3)c1. The van der Waals surface area contributed by atoms with Gasteiger partial charge in [-0.2, -0.15) is 0 Å². The van der Waals surface area contributed by atoms with Crippen LogP contribution in [0.2, 0.25) is 0 Å². The highest BCUT2D eigenvalue weighted by Gasteiger charge is 2.16. The number of nitrogens with one attached hydrogen (secondary N) is 1. The third-order valence-corrected chi connectivity index (χ3v) is 3.92. The molecule has 6 nitrogen and oxygen atoms in total. The van der Waals surface area contributed by atoms with Crippen molar-refractivity contribution < 1.29 is 23.8 Å². The van der Waals surface area contributed by atoms with Crippen LogP contribution in [0.25, 0.3) is 0 Å². The Labute approximate surface area is 145 Å². The molecule has 2 aromatic rings. The number of aryl methyl sites for hydroxylation is 2. The molecule has 0 aliphatic carbocycles. The Balaban J connectivity index is 1.50. The molecule has 130 valence electrons. The van der Waals surface area contributed by atoms with Crippen molar-refractivity contribution in [1.82, 2.24) is 5.32 Å². The predicted octanol–water partition coefficient (Wildman–Crippen LogP) is 2.51. The average Bonchev–Trinajstić information content (AvgIpc) is 3.08. The smallest absolute Gasteiger partial charge is 0.325 e. The topological polar surface area (TPSA) is 73.9 Å². The second-order valence-electron chi connectivity index (χ2n) is 5.84. The maximum Gasteiger partial charge on any atom is 0.325 e. The number of hydrogen-bond donors (Lipinski definition) is 1. The molecule has 0 aromatic heterocycles. The Bertz CT molecular complexity index is 815. The number of fused-ring (bicyclic) bond motifs is 1. The number of rotatable bonds is 5. The Morgan fingerprint density at radius 2 is 1.88 bits per heavy atom. The van der Waals surface area contributed by atoms with Gasteiger partial charge in [0.1, 0.15) is 13.2 Å². The number of carbonyl (C=O) groups excluding carboxylic acids is 2. The van der Waals surface area contributed by atoms with Gasteiger partial charge in [0.15, 0.2) is 11.5 Å². The summed E-state index contributed by atoms with van der Waals surface area (Å²) in [4.78, 5) is 24.0. The lowest BCUT2D eigenvalue weighted by Crippen LogP contribution is -2.30. The molecule has 0 bridgehead atoms. The normalized spacial score (nSPS) is 11.9. The van der Waals surface area contributed by atoms with Crippen LogP contribution in [0.5, 0.6) is 11.5 Å². The molecule has 2 aromatic carbocycles. The standard InChI is InChI=1S/C19H19NO5/c1-12-3-4-13(2)15(7-12)10-23-18(21)9-20-19(22)14-5-6-16-17(8-14)25-11-24-16/h3-8H,9-11H2,1-2H3,(H,20,22). The molecule has 0 spiro atoms. The summed E-state index contributed by atoms with van der Waals surface area (Å²) in [6, 6.07) is 10.8. The van der Waals surface area contributed by atoms with Gasteiger partial charge < -0.3 is 19.5 Å². The lowest BCUT2D eigenvalue weighted by atomic mass is 10.1. The molecule has 1 amide bonds. The lowest BCUT2D eigenvalue weighted by molar-refractivity contribution is -0.143. The summed E-state index contributed by atoms with van der Waals surface area (Å²) in [5, 5.41) is 2.54. The molecule has 1 aliphatic heterocycles. The summed E-state index contributed by atoms with van der Waals surface area (Å²) < 4.78 is 15.7. The maximum absolute atomic E-state index is 12.1. The molecule has 1 aliphatic rings. The molecule has 1 N–H and O–H groups in total. The monoisotopic (exact) mass is 341 g/mol. The molecular formula is C19H19NO5. The van der Waals surface area contributed by atoms with Crippen LogP contribution in [-0.2, 0) is 16.1 Å². The highest BCUT2D eigenvalue weighted by Crippen LogP contribution is 2.32. The molecule has 0 saturated heterocycles. The molecule has 0 atom stereocenters. The summed E-state index contributed by atoms with van der Waals surface area (Å²) in [7, 11) is 0. The van der Waals surface area contributed by atoms with Crippen molar-refractivity contribution in [3.05, 3.63) is 58.7 Å². The quantitative estimate of drug-likeness (QED) is 0.846. The summed E-state index contributed by atoms with van der Waals surface area (Å²) in [5.41, 5.74) is 3.51. The summed E-state index contributed by atoms with van der Waals surface area (Å²) >= 11 is 0. The molecule has 25 heavy (non-hydrogen) atoms. The van der Waals surface area contributed by atoms with Crippen LogP contribution in [0, 0.1) is 13.8 Å². The largest absolute Gasteiger partial charge is 0.459 e. The van der Waals surface area contributed by atoms with E-state index in [0.717, 1.165) is 16.7 Å². The maximum atomic E-state index is 12.1. The number of carbonyl (C=O) groups is 2. The zero-order valence-electron chi connectivity index (χ0n) is 14.1. The fourth-order valence-corrected chi connectivity index (χ4v) is 2.46. The number of ether oxygens (including phenoxy) is 3. The molecular weight excluding hydrogens is 322 g/mol. The van der Waals surface area contributed by atoms with Gasteiger partial charge in [-0.15, -0.1) is 0 Å². The van der Waals surface area contributed by atoms with Gasteiger partial charge in [0, 0.05) is 5.56 Å². The minimum Gasteiger partial charge on any atom is -0.459 e. The summed E-state index contributed by atoms with van der Waals surface area (Å²) in [6.45, 7) is 4.08. The van der Waals surface area contributed by atoms with Crippen LogP contribution < -0.4 is 14.8 Å². The minimum atomic E-state index is -0.491. The van der Waals surface area contributed by atoms with Crippen LogP contribution in [-0.4, -0.2) is 25.2 Å². The van der Waals surface area contributed by atoms with Gasteiger partial charge in [-0.3, -0.25) is 9.59 Å². The van der Waals surface area contributed by atoms with E-state index in [1.54, 1.807) is 18.2 Å². The molecule has 0 unspecified atom stereocenters. The molecule has 0 saturated carbocycles. The van der Waals surface area contributed by atoms with Gasteiger partial charge in [-0.05, 0) is 43.2 Å². The number of esters is 1. The van der Waals surface area contributed by atoms with Crippen molar-refractivity contribution in [3.8, 4) is 11.5 Å². The van der Waals surface area contributed by atoms with E-state index in [1.165, 1.54) is 0 Å². The van der Waals surface area contributed by atoms with E-state index in [1.807, 2.05) is 32.0 Å². The van der Waals surface area contributed by atoms with Gasteiger partial charge in [-0.1, -0.05) is 23.8 Å². The first kappa shape index (κ1) is 16.8. The van der Waals surface area contributed by atoms with E-state index in [4.69, 9.17) is 14.2 Å². The zero-order chi connectivity index (χ0) is 17.8. The van der Waals surface area contributed by atoms with Gasteiger partial charge in [0.05, 0.1) is 0 Å². The van der Waals surface area contributed by atoms with Crippen molar-refractivity contribution in [1.29, 1.82) is 0 Å². The van der Waals surface area contributed by atoms with Crippen molar-refractivity contribution in [3.63, 3.8) is 0 Å². The predicted molar refractivity (Wildman–Crippen MR) is 90.6 cm³/mol. The lowest BCUT2D eigenvalue weighted by Gasteiger charge is -2.09. The zero-order valence-corrected chi connectivity index (χ0v) is 14.1. The van der Waals surface area contributed by atoms with Gasteiger partial charge in [0.25, 0.3) is 5.91 Å². The van der Waals surface area contributed by atoms with E-state index in [9.17, 15) is 9.59 Å². The Morgan fingerprint density at radius 1 is 1.08 bits per heavy atom. The van der Waals surface area contributed by atoms with Crippen molar-refractivity contribution in [2.75, 3.05) is 13.3 Å². The minimum absolute atomic E-state index is 0.144. The second-order valence-corrected chi connectivity index (χ2v) is 5.84. The van der Waals surface area contributed by atoms with Crippen LogP contribution in [0.15, 0.2) is 36.4 Å². The van der Waals surface area contributed by atoms with Gasteiger partial charge in [0.2, 0.25) is 6.79 Å². The number of amides is 1. The van der Waals surface area contributed by atoms with Crippen molar-refractivity contribution >= 4 is 11.9 Å². The van der Waals surface area contributed by atoms with E-state index < -0.39 is 5.97 Å². The van der Waals surface area contributed by atoms with Gasteiger partial charge >= 0.3 is 5.97 Å². The third kappa shape index (κ3) is 4.09. The van der Waals surface area contributed by atoms with Crippen LogP contribution in [0.3, 0.4) is 0 Å². The Kier molecular flexibility index (Phi) is 4.88.